The molecule has 312 valence electrons. The quantitative estimate of drug-likeness (QED) is 0.0237. The number of carboxylic acids is 1. The van der Waals surface area contributed by atoms with E-state index in [4.69, 9.17) is 29.4 Å². The molecule has 0 heterocycles. The van der Waals surface area contributed by atoms with Gasteiger partial charge in [-0.3, -0.25) is 18.6 Å². The molecule has 0 spiro atoms. The molecule has 0 amide bonds. The predicted molar refractivity (Wildman–Crippen MR) is 221 cm³/mol. The average Bonchev–Trinajstić information content (AvgIpc) is 3.15. The second-order valence-corrected chi connectivity index (χ2v) is 15.2. The lowest BCUT2D eigenvalue weighted by atomic mass is 10.1. The van der Waals surface area contributed by atoms with Crippen LogP contribution in [-0.4, -0.2) is 60.5 Å². The highest BCUT2D eigenvalue weighted by Gasteiger charge is 2.27. The second-order valence-electron chi connectivity index (χ2n) is 13.7. The molecule has 0 radical (unpaired) electrons. The Hall–Kier alpha value is -2.33. The van der Waals surface area contributed by atoms with Gasteiger partial charge in [-0.2, -0.15) is 0 Å². The van der Waals surface area contributed by atoms with E-state index in [0.29, 0.717) is 13.0 Å². The fourth-order valence-electron chi connectivity index (χ4n) is 5.29. The lowest BCUT2D eigenvalue weighted by Crippen LogP contribution is -2.34. The van der Waals surface area contributed by atoms with Crippen molar-refractivity contribution < 1.29 is 42.7 Å². The van der Waals surface area contributed by atoms with E-state index in [1.54, 1.807) is 0 Å². The van der Waals surface area contributed by atoms with Crippen LogP contribution in [0, 0.1) is 0 Å². The normalized spacial score (nSPS) is 14.6. The van der Waals surface area contributed by atoms with Crippen LogP contribution < -0.4 is 5.73 Å². The first-order chi connectivity index (χ1) is 26.2. The van der Waals surface area contributed by atoms with Gasteiger partial charge in [0.2, 0.25) is 0 Å². The van der Waals surface area contributed by atoms with Crippen molar-refractivity contribution in [3.05, 3.63) is 60.8 Å². The number of esters is 1. The van der Waals surface area contributed by atoms with Crippen LogP contribution in [0.3, 0.4) is 0 Å². The van der Waals surface area contributed by atoms with E-state index in [2.05, 4.69) is 74.6 Å². The molecule has 3 atom stereocenters. The maximum absolute atomic E-state index is 12.6. The van der Waals surface area contributed by atoms with Crippen molar-refractivity contribution >= 4 is 19.8 Å². The van der Waals surface area contributed by atoms with Gasteiger partial charge in [-0.05, 0) is 77.0 Å². The molecular weight excluding hydrogens is 705 g/mol. The van der Waals surface area contributed by atoms with Crippen molar-refractivity contribution in [1.29, 1.82) is 0 Å². The third-order valence-electron chi connectivity index (χ3n) is 8.53. The number of hydrogen-bond acceptors (Lipinski definition) is 8. The van der Waals surface area contributed by atoms with E-state index in [1.165, 1.54) is 70.6 Å². The summed E-state index contributed by atoms with van der Waals surface area (Å²) in [4.78, 5) is 33.5. The molecule has 3 unspecified atom stereocenters. The molecule has 0 fully saturated rings. The maximum Gasteiger partial charge on any atom is 0.472 e. The summed E-state index contributed by atoms with van der Waals surface area (Å²) in [6.07, 6.45) is 45.6. The highest BCUT2D eigenvalue weighted by Crippen LogP contribution is 2.43. The molecule has 0 aliphatic carbocycles. The van der Waals surface area contributed by atoms with Crippen molar-refractivity contribution in [2.45, 2.75) is 174 Å². The third-order valence-corrected chi connectivity index (χ3v) is 9.48. The molecule has 0 saturated heterocycles. The van der Waals surface area contributed by atoms with Gasteiger partial charge < -0.3 is 25.2 Å². The fourth-order valence-corrected chi connectivity index (χ4v) is 6.07. The molecule has 0 rings (SSSR count). The SMILES string of the molecule is CC/C=C\C/C=C\C/C=C\C/C=C\CCCCC(=O)OC(COCCCCCCCC/C=C\CCCCCCCCC)COP(=O)(O)OCC(N)C(=O)O. The second kappa shape index (κ2) is 38.9. The Morgan fingerprint density at radius 1 is 0.611 bits per heavy atom. The van der Waals surface area contributed by atoms with E-state index in [-0.39, 0.29) is 13.0 Å². The minimum atomic E-state index is -4.63. The fraction of sp³-hybridized carbons (Fsp3) is 0.721. The third kappa shape index (κ3) is 38.0. The highest BCUT2D eigenvalue weighted by atomic mass is 31.2. The van der Waals surface area contributed by atoms with Gasteiger partial charge >= 0.3 is 19.8 Å². The molecule has 54 heavy (non-hydrogen) atoms. The number of rotatable bonds is 39. The van der Waals surface area contributed by atoms with Crippen LogP contribution in [0.25, 0.3) is 0 Å². The standard InChI is InChI=1S/C43H76NO9P/c1-3-5-7-9-11-13-15-17-19-20-22-24-26-28-30-32-34-36-50-37-40(38-51-54(48,49)52-39-41(44)43(46)47)53-42(45)35-33-31-29-27-25-23-21-18-16-14-12-10-8-6-4-2/h6,8,12,14,18-21,25,27,40-41H,3-5,7,9-11,13,15-17,22-24,26,28-39,44H2,1-2H3,(H,46,47)(H,48,49)/b8-6-,14-12-,20-19-,21-18-,27-25-. The van der Waals surface area contributed by atoms with Crippen LogP contribution in [0.5, 0.6) is 0 Å². The Morgan fingerprint density at radius 2 is 1.07 bits per heavy atom. The van der Waals surface area contributed by atoms with Gasteiger partial charge in [0.15, 0.2) is 0 Å². The molecule has 10 nitrogen and oxygen atoms in total. The summed E-state index contributed by atoms with van der Waals surface area (Å²) < 4.78 is 33.2. The summed E-state index contributed by atoms with van der Waals surface area (Å²) in [5.41, 5.74) is 5.34. The molecule has 0 aromatic rings. The van der Waals surface area contributed by atoms with Crippen molar-refractivity contribution in [1.82, 2.24) is 0 Å². The van der Waals surface area contributed by atoms with Gasteiger partial charge in [-0.1, -0.05) is 139 Å². The molecule has 11 heteroatoms. The van der Waals surface area contributed by atoms with Gasteiger partial charge in [0.1, 0.15) is 12.1 Å². The van der Waals surface area contributed by atoms with Crippen LogP contribution in [0.4, 0.5) is 0 Å². The number of unbranched alkanes of at least 4 members (excludes halogenated alkanes) is 15. The Kier molecular flexibility index (Phi) is 37.2. The van der Waals surface area contributed by atoms with Crippen molar-refractivity contribution in [3.8, 4) is 0 Å². The lowest BCUT2D eigenvalue weighted by molar-refractivity contribution is -0.154. The zero-order valence-electron chi connectivity index (χ0n) is 33.8. The summed E-state index contributed by atoms with van der Waals surface area (Å²) in [5, 5.41) is 8.88. The zero-order chi connectivity index (χ0) is 39.8. The number of aliphatic carboxylic acids is 1. The van der Waals surface area contributed by atoms with Gasteiger partial charge in [-0.25, -0.2) is 4.57 Å². The number of phosphoric acid groups is 1. The minimum absolute atomic E-state index is 0.00642. The molecule has 0 aliphatic rings. The first-order valence-electron chi connectivity index (χ1n) is 20.8. The Bertz CT molecular complexity index is 1090. The molecule has 0 aliphatic heterocycles. The summed E-state index contributed by atoms with van der Waals surface area (Å²) in [7, 11) is -4.63. The van der Waals surface area contributed by atoms with Gasteiger partial charge in [0, 0.05) is 13.0 Å². The lowest BCUT2D eigenvalue weighted by Gasteiger charge is -2.20. The molecule has 0 aromatic heterocycles. The van der Waals surface area contributed by atoms with Crippen molar-refractivity contribution in [2.24, 2.45) is 5.73 Å². The van der Waals surface area contributed by atoms with E-state index in [1.807, 2.05) is 0 Å². The Morgan fingerprint density at radius 3 is 1.63 bits per heavy atom. The topological polar surface area (TPSA) is 155 Å². The molecule has 0 bridgehead atoms. The first kappa shape index (κ1) is 51.7. The Balaban J connectivity index is 4.34. The maximum atomic E-state index is 12.6. The molecule has 4 N–H and O–H groups in total. The Labute approximate surface area is 328 Å². The summed E-state index contributed by atoms with van der Waals surface area (Å²) in [6.45, 7) is 3.68. The predicted octanol–water partition coefficient (Wildman–Crippen LogP) is 11.3. The zero-order valence-corrected chi connectivity index (χ0v) is 34.7. The van der Waals surface area contributed by atoms with Crippen LogP contribution in [0.2, 0.25) is 0 Å². The van der Waals surface area contributed by atoms with Gasteiger partial charge in [0.05, 0.1) is 19.8 Å². The van der Waals surface area contributed by atoms with E-state index in [0.717, 1.165) is 64.2 Å². The highest BCUT2D eigenvalue weighted by molar-refractivity contribution is 7.47. The van der Waals surface area contributed by atoms with E-state index >= 15 is 0 Å². The number of carbonyl (C=O) groups is 2. The van der Waals surface area contributed by atoms with Crippen LogP contribution in [0.15, 0.2) is 60.8 Å². The van der Waals surface area contributed by atoms with Crippen LogP contribution in [0.1, 0.15) is 162 Å². The first-order valence-corrected chi connectivity index (χ1v) is 22.3. The van der Waals surface area contributed by atoms with E-state index < -0.39 is 45.1 Å². The number of nitrogens with two attached hydrogens (primary N) is 1. The summed E-state index contributed by atoms with van der Waals surface area (Å²) in [5.74, 6) is -1.83. The number of carboxylic acid groups (broad SMARTS) is 1. The molecular formula is C43H76NO9P. The van der Waals surface area contributed by atoms with Crippen molar-refractivity contribution in [2.75, 3.05) is 26.4 Å². The van der Waals surface area contributed by atoms with Crippen LogP contribution >= 0.6 is 7.82 Å². The largest absolute Gasteiger partial charge is 0.480 e. The molecule has 0 aromatic carbocycles. The number of hydrogen-bond donors (Lipinski definition) is 3. The smallest absolute Gasteiger partial charge is 0.472 e. The number of phosphoric ester groups is 1. The van der Waals surface area contributed by atoms with E-state index in [9.17, 15) is 19.0 Å². The average molecular weight is 782 g/mol. The molecule has 0 saturated carbocycles. The number of carbonyl (C=O) groups excluding carboxylic acids is 1. The monoisotopic (exact) mass is 782 g/mol. The van der Waals surface area contributed by atoms with Gasteiger partial charge in [-0.15, -0.1) is 0 Å². The minimum Gasteiger partial charge on any atom is -0.480 e. The van der Waals surface area contributed by atoms with Crippen LogP contribution in [-0.2, 0) is 32.7 Å². The van der Waals surface area contributed by atoms with Crippen molar-refractivity contribution in [3.63, 3.8) is 0 Å². The summed E-state index contributed by atoms with van der Waals surface area (Å²) >= 11 is 0. The number of ether oxygens (including phenoxy) is 2. The van der Waals surface area contributed by atoms with Gasteiger partial charge in [0.25, 0.3) is 0 Å². The number of allylic oxidation sites excluding steroid dienone is 10. The summed E-state index contributed by atoms with van der Waals surface area (Å²) in [6, 6.07) is -1.48.